The second kappa shape index (κ2) is 8.95. The third kappa shape index (κ3) is 4.70. The molecular formula is C24H35N5O4. The van der Waals surface area contributed by atoms with Gasteiger partial charge in [-0.15, -0.1) is 5.10 Å². The highest BCUT2D eigenvalue weighted by Gasteiger charge is 2.43. The van der Waals surface area contributed by atoms with Crippen molar-refractivity contribution in [2.24, 2.45) is 5.41 Å². The molecule has 180 valence electrons. The highest BCUT2D eigenvalue weighted by molar-refractivity contribution is 5.91. The maximum atomic E-state index is 13.2. The minimum Gasteiger partial charge on any atom is -0.479 e. The Morgan fingerprint density at radius 1 is 1.30 bits per heavy atom. The summed E-state index contributed by atoms with van der Waals surface area (Å²) in [6.07, 6.45) is 1.78. The Balaban J connectivity index is 1.47. The Kier molecular flexibility index (Phi) is 6.37. The van der Waals surface area contributed by atoms with Gasteiger partial charge >= 0.3 is 0 Å². The number of amides is 2. The Morgan fingerprint density at radius 2 is 2.03 bits per heavy atom. The Morgan fingerprint density at radius 3 is 2.64 bits per heavy atom. The van der Waals surface area contributed by atoms with E-state index in [4.69, 9.17) is 4.74 Å². The number of nitrogens with one attached hydrogen (secondary N) is 2. The average Bonchev–Trinajstić information content (AvgIpc) is 3.43. The molecule has 0 spiro atoms. The van der Waals surface area contributed by atoms with E-state index in [0.29, 0.717) is 18.5 Å². The Bertz CT molecular complexity index is 1040. The average molecular weight is 458 g/mol. The van der Waals surface area contributed by atoms with Gasteiger partial charge in [-0.2, -0.15) is 0 Å². The molecule has 0 bridgehead atoms. The monoisotopic (exact) mass is 457 g/mol. The van der Waals surface area contributed by atoms with Gasteiger partial charge in [0.1, 0.15) is 6.04 Å². The molecule has 1 aromatic heterocycles. The van der Waals surface area contributed by atoms with E-state index in [-0.39, 0.29) is 30.2 Å². The van der Waals surface area contributed by atoms with Gasteiger partial charge in [0, 0.05) is 19.5 Å². The standard InChI is InChI=1S/C24H35N5O4/c1-24(2,3)20(25-4)23(32)28-13-16(30)11-19(28)21(31)26-12-14-6-9-18-17(10-14)22(33-5)27-29(18)15-7-8-15/h6,9-10,15-16,19-20,25,30H,7-8,11-13H2,1-5H3,(H,26,31)/t16-,19+,20-/m1/s1. The number of likely N-dealkylation sites (tertiary alicyclic amines) is 1. The van der Waals surface area contributed by atoms with Crippen LogP contribution in [0.4, 0.5) is 0 Å². The first kappa shape index (κ1) is 23.5. The second-order valence-corrected chi connectivity index (χ2v) is 10.2. The molecule has 1 aliphatic heterocycles. The van der Waals surface area contributed by atoms with Crippen LogP contribution in [0, 0.1) is 5.41 Å². The van der Waals surface area contributed by atoms with Crippen molar-refractivity contribution in [2.75, 3.05) is 20.7 Å². The van der Waals surface area contributed by atoms with E-state index in [1.54, 1.807) is 14.2 Å². The number of hydrogen-bond acceptors (Lipinski definition) is 6. The molecule has 2 amide bonds. The number of nitrogens with zero attached hydrogens (tertiary/aromatic N) is 3. The number of rotatable bonds is 7. The van der Waals surface area contributed by atoms with Crippen molar-refractivity contribution in [2.45, 2.75) is 70.8 Å². The van der Waals surface area contributed by atoms with Gasteiger partial charge in [-0.1, -0.05) is 26.8 Å². The number of hydrogen-bond donors (Lipinski definition) is 3. The number of carbonyl (C=O) groups is 2. The Hall–Kier alpha value is -2.65. The fraction of sp³-hybridized carbons (Fsp3) is 0.625. The maximum absolute atomic E-state index is 13.2. The quantitative estimate of drug-likeness (QED) is 0.583. The summed E-state index contributed by atoms with van der Waals surface area (Å²) in [4.78, 5) is 27.7. The summed E-state index contributed by atoms with van der Waals surface area (Å²) in [5, 5.41) is 21.7. The lowest BCUT2D eigenvalue weighted by atomic mass is 9.86. The van der Waals surface area contributed by atoms with Crippen LogP contribution in [0.2, 0.25) is 0 Å². The largest absolute Gasteiger partial charge is 0.479 e. The number of aliphatic hydroxyl groups excluding tert-OH is 1. The number of aliphatic hydroxyl groups is 1. The van der Waals surface area contributed by atoms with Crippen molar-refractivity contribution in [3.05, 3.63) is 23.8 Å². The first-order valence-corrected chi connectivity index (χ1v) is 11.6. The molecule has 1 saturated heterocycles. The number of aromatic nitrogens is 2. The van der Waals surface area contributed by atoms with Gasteiger partial charge in [0.2, 0.25) is 17.7 Å². The highest BCUT2D eigenvalue weighted by Crippen LogP contribution is 2.39. The van der Waals surface area contributed by atoms with E-state index in [1.807, 2.05) is 43.7 Å². The van der Waals surface area contributed by atoms with Crippen LogP contribution in [-0.4, -0.2) is 70.5 Å². The first-order chi connectivity index (χ1) is 15.6. The molecule has 1 aliphatic carbocycles. The molecule has 3 N–H and O–H groups in total. The molecule has 0 unspecified atom stereocenters. The van der Waals surface area contributed by atoms with Crippen molar-refractivity contribution < 1.29 is 19.4 Å². The number of benzene rings is 1. The van der Waals surface area contributed by atoms with Crippen LogP contribution in [0.15, 0.2) is 18.2 Å². The normalized spacial score (nSPS) is 21.9. The summed E-state index contributed by atoms with van der Waals surface area (Å²) in [5.41, 5.74) is 1.63. The molecule has 33 heavy (non-hydrogen) atoms. The van der Waals surface area contributed by atoms with Gasteiger partial charge in [-0.3, -0.25) is 14.3 Å². The van der Waals surface area contributed by atoms with Crippen molar-refractivity contribution in [3.63, 3.8) is 0 Å². The van der Waals surface area contributed by atoms with Crippen molar-refractivity contribution >= 4 is 22.7 Å². The van der Waals surface area contributed by atoms with Crippen LogP contribution in [0.1, 0.15) is 51.6 Å². The summed E-state index contributed by atoms with van der Waals surface area (Å²) in [6, 6.07) is 5.28. The van der Waals surface area contributed by atoms with Crippen LogP contribution >= 0.6 is 0 Å². The third-order valence-electron chi connectivity index (χ3n) is 6.56. The van der Waals surface area contributed by atoms with E-state index < -0.39 is 18.2 Å². The van der Waals surface area contributed by atoms with Gasteiger partial charge < -0.3 is 25.4 Å². The van der Waals surface area contributed by atoms with Crippen LogP contribution in [0.3, 0.4) is 0 Å². The number of carbonyl (C=O) groups excluding carboxylic acids is 2. The summed E-state index contributed by atoms with van der Waals surface area (Å²) < 4.78 is 7.48. The summed E-state index contributed by atoms with van der Waals surface area (Å²) in [7, 11) is 3.35. The molecule has 2 aromatic rings. The third-order valence-corrected chi connectivity index (χ3v) is 6.56. The molecular weight excluding hydrogens is 422 g/mol. The number of fused-ring (bicyclic) bond motifs is 1. The van der Waals surface area contributed by atoms with Gasteiger partial charge in [0.15, 0.2) is 0 Å². The zero-order valence-corrected chi connectivity index (χ0v) is 20.1. The summed E-state index contributed by atoms with van der Waals surface area (Å²) in [5.74, 6) is 0.158. The van der Waals surface area contributed by atoms with E-state index in [9.17, 15) is 14.7 Å². The second-order valence-electron chi connectivity index (χ2n) is 10.2. The predicted molar refractivity (Wildman–Crippen MR) is 125 cm³/mol. The molecule has 2 heterocycles. The molecule has 2 aliphatic rings. The van der Waals surface area contributed by atoms with E-state index in [0.717, 1.165) is 29.3 Å². The van der Waals surface area contributed by atoms with E-state index >= 15 is 0 Å². The number of β-amino-alcohol motifs (C(OH)–C–C–N with tert-alkyl or cyclic N) is 1. The van der Waals surface area contributed by atoms with Gasteiger partial charge in [0.25, 0.3) is 0 Å². The minimum absolute atomic E-state index is 0.161. The summed E-state index contributed by atoms with van der Waals surface area (Å²) in [6.45, 7) is 6.40. The number of likely N-dealkylation sites (N-methyl/N-ethyl adjacent to an activating group) is 1. The lowest BCUT2D eigenvalue weighted by molar-refractivity contribution is -0.142. The van der Waals surface area contributed by atoms with Gasteiger partial charge in [-0.05, 0) is 43.0 Å². The highest BCUT2D eigenvalue weighted by atomic mass is 16.5. The number of ether oxygens (including phenoxy) is 1. The fourth-order valence-corrected chi connectivity index (χ4v) is 4.72. The minimum atomic E-state index is -0.712. The smallest absolute Gasteiger partial charge is 0.243 e. The molecule has 4 rings (SSSR count). The molecule has 1 saturated carbocycles. The van der Waals surface area contributed by atoms with Crippen LogP contribution in [0.5, 0.6) is 5.88 Å². The first-order valence-electron chi connectivity index (χ1n) is 11.6. The lowest BCUT2D eigenvalue weighted by Gasteiger charge is -2.34. The zero-order valence-electron chi connectivity index (χ0n) is 20.1. The fourth-order valence-electron chi connectivity index (χ4n) is 4.72. The van der Waals surface area contributed by atoms with Crippen LogP contribution < -0.4 is 15.4 Å². The van der Waals surface area contributed by atoms with Crippen molar-refractivity contribution in [3.8, 4) is 5.88 Å². The molecule has 0 radical (unpaired) electrons. The molecule has 1 aromatic carbocycles. The lowest BCUT2D eigenvalue weighted by Crippen LogP contribution is -2.55. The van der Waals surface area contributed by atoms with Crippen LogP contribution in [-0.2, 0) is 16.1 Å². The molecule has 9 nitrogen and oxygen atoms in total. The van der Waals surface area contributed by atoms with E-state index in [1.165, 1.54) is 4.90 Å². The Labute approximate surface area is 194 Å². The zero-order chi connectivity index (χ0) is 23.9. The van der Waals surface area contributed by atoms with Gasteiger partial charge in [-0.25, -0.2) is 0 Å². The van der Waals surface area contributed by atoms with Crippen molar-refractivity contribution in [1.29, 1.82) is 0 Å². The van der Waals surface area contributed by atoms with Crippen molar-refractivity contribution in [1.82, 2.24) is 25.3 Å². The molecule has 2 fully saturated rings. The molecule has 9 heteroatoms. The van der Waals surface area contributed by atoms with Gasteiger partial charge in [0.05, 0.1) is 36.2 Å². The SMILES string of the molecule is CN[C@H](C(=O)N1C[C@H](O)C[C@H]1C(=O)NCc1ccc2c(c1)c(OC)nn2C1CC1)C(C)(C)C. The maximum Gasteiger partial charge on any atom is 0.243 e. The number of methoxy groups -OCH3 is 1. The predicted octanol–water partition coefficient (Wildman–Crippen LogP) is 1.59. The van der Waals surface area contributed by atoms with Crippen LogP contribution in [0.25, 0.3) is 10.9 Å². The topological polar surface area (TPSA) is 109 Å². The molecule has 3 atom stereocenters. The van der Waals surface area contributed by atoms with E-state index in [2.05, 4.69) is 15.7 Å². The summed E-state index contributed by atoms with van der Waals surface area (Å²) >= 11 is 0.